The summed E-state index contributed by atoms with van der Waals surface area (Å²) >= 11 is 1.77. The quantitative estimate of drug-likeness (QED) is 0.897. The maximum atomic E-state index is 4.55. The molecule has 0 aliphatic rings. The van der Waals surface area contributed by atoms with E-state index in [1.807, 2.05) is 20.2 Å². The SMILES string of the molecule is CNCc1cnc(C)nc1N(C)Cc1cccs1. The van der Waals surface area contributed by atoms with Gasteiger partial charge in [-0.2, -0.15) is 0 Å². The predicted octanol–water partition coefficient (Wildman–Crippen LogP) is 2.20. The van der Waals surface area contributed by atoms with Crippen LogP contribution in [0.5, 0.6) is 0 Å². The minimum absolute atomic E-state index is 0.782. The first-order valence-corrected chi connectivity index (χ1v) is 6.79. The highest BCUT2D eigenvalue weighted by atomic mass is 32.1. The second kappa shape index (κ2) is 5.93. The molecule has 0 aliphatic heterocycles. The van der Waals surface area contributed by atoms with Crippen molar-refractivity contribution < 1.29 is 0 Å². The summed E-state index contributed by atoms with van der Waals surface area (Å²) in [5.41, 5.74) is 1.13. The smallest absolute Gasteiger partial charge is 0.136 e. The molecule has 2 aromatic heterocycles. The largest absolute Gasteiger partial charge is 0.354 e. The summed E-state index contributed by atoms with van der Waals surface area (Å²) in [4.78, 5) is 12.3. The van der Waals surface area contributed by atoms with E-state index in [-0.39, 0.29) is 0 Å². The fourth-order valence-electron chi connectivity index (χ4n) is 1.84. The number of rotatable bonds is 5. The van der Waals surface area contributed by atoms with E-state index >= 15 is 0 Å². The van der Waals surface area contributed by atoms with E-state index in [4.69, 9.17) is 0 Å². The first-order valence-electron chi connectivity index (χ1n) is 5.91. The lowest BCUT2D eigenvalue weighted by Gasteiger charge is -2.20. The molecule has 0 unspecified atom stereocenters. The maximum Gasteiger partial charge on any atom is 0.136 e. The molecule has 2 aromatic rings. The Morgan fingerprint density at radius 3 is 2.94 bits per heavy atom. The van der Waals surface area contributed by atoms with Crippen LogP contribution in [0.4, 0.5) is 5.82 Å². The topological polar surface area (TPSA) is 41.1 Å². The molecule has 0 saturated carbocycles. The van der Waals surface area contributed by atoms with Crippen LogP contribution in [0.1, 0.15) is 16.3 Å². The molecular formula is C13H18N4S. The molecule has 2 rings (SSSR count). The van der Waals surface area contributed by atoms with Crippen LogP contribution in [0.15, 0.2) is 23.7 Å². The van der Waals surface area contributed by atoms with Crippen molar-refractivity contribution in [3.63, 3.8) is 0 Å². The van der Waals surface area contributed by atoms with Gasteiger partial charge < -0.3 is 10.2 Å². The lowest BCUT2D eigenvalue weighted by Crippen LogP contribution is -2.21. The fraction of sp³-hybridized carbons (Fsp3) is 0.385. The molecule has 0 aromatic carbocycles. The first kappa shape index (κ1) is 13.0. The number of hydrogen-bond acceptors (Lipinski definition) is 5. The van der Waals surface area contributed by atoms with Gasteiger partial charge in [0.1, 0.15) is 11.6 Å². The molecule has 18 heavy (non-hydrogen) atoms. The molecular weight excluding hydrogens is 244 g/mol. The highest BCUT2D eigenvalue weighted by molar-refractivity contribution is 7.09. The Hall–Kier alpha value is -1.46. The van der Waals surface area contributed by atoms with Gasteiger partial charge in [-0.25, -0.2) is 9.97 Å². The summed E-state index contributed by atoms with van der Waals surface area (Å²) in [6, 6.07) is 4.22. The predicted molar refractivity (Wildman–Crippen MR) is 76.0 cm³/mol. The molecule has 0 fully saturated rings. The van der Waals surface area contributed by atoms with Crippen molar-refractivity contribution in [1.29, 1.82) is 0 Å². The average Bonchev–Trinajstić information content (AvgIpc) is 2.84. The average molecular weight is 262 g/mol. The van der Waals surface area contributed by atoms with Gasteiger partial charge in [-0.3, -0.25) is 0 Å². The van der Waals surface area contributed by atoms with Crippen molar-refractivity contribution in [1.82, 2.24) is 15.3 Å². The van der Waals surface area contributed by atoms with E-state index in [2.05, 4.69) is 44.7 Å². The van der Waals surface area contributed by atoms with Crippen LogP contribution in [-0.2, 0) is 13.1 Å². The summed E-state index contributed by atoms with van der Waals surface area (Å²) in [6.45, 7) is 3.58. The van der Waals surface area contributed by atoms with Gasteiger partial charge in [0.15, 0.2) is 0 Å². The lowest BCUT2D eigenvalue weighted by atomic mass is 10.2. The molecule has 0 bridgehead atoms. The zero-order valence-corrected chi connectivity index (χ0v) is 11.8. The van der Waals surface area contributed by atoms with Gasteiger partial charge in [-0.15, -0.1) is 11.3 Å². The van der Waals surface area contributed by atoms with Crippen LogP contribution < -0.4 is 10.2 Å². The van der Waals surface area contributed by atoms with Gasteiger partial charge in [0.05, 0.1) is 6.54 Å². The molecule has 2 heterocycles. The van der Waals surface area contributed by atoms with Crippen LogP contribution in [0, 0.1) is 6.92 Å². The Bertz CT molecular complexity index is 496. The van der Waals surface area contributed by atoms with Gasteiger partial charge >= 0.3 is 0 Å². The summed E-state index contributed by atoms with van der Waals surface area (Å²) in [6.07, 6.45) is 1.90. The van der Waals surface area contributed by atoms with Crippen LogP contribution >= 0.6 is 11.3 Å². The zero-order valence-electron chi connectivity index (χ0n) is 11.0. The third-order valence-corrected chi connectivity index (χ3v) is 3.53. The highest BCUT2D eigenvalue weighted by Crippen LogP contribution is 2.19. The minimum atomic E-state index is 0.782. The molecule has 0 radical (unpaired) electrons. The van der Waals surface area contributed by atoms with Gasteiger partial charge in [-0.05, 0) is 25.4 Å². The molecule has 1 N–H and O–H groups in total. The number of hydrogen-bond donors (Lipinski definition) is 1. The van der Waals surface area contributed by atoms with Crippen molar-refractivity contribution in [2.45, 2.75) is 20.0 Å². The van der Waals surface area contributed by atoms with E-state index < -0.39 is 0 Å². The molecule has 96 valence electrons. The number of aromatic nitrogens is 2. The number of nitrogens with one attached hydrogen (secondary N) is 1. The summed E-state index contributed by atoms with van der Waals surface area (Å²) in [5.74, 6) is 1.81. The van der Waals surface area contributed by atoms with Crippen LogP contribution in [0.25, 0.3) is 0 Å². The van der Waals surface area contributed by atoms with Crippen LogP contribution in [0.2, 0.25) is 0 Å². The summed E-state index contributed by atoms with van der Waals surface area (Å²) in [5, 5.41) is 5.25. The normalized spacial score (nSPS) is 10.6. The lowest BCUT2D eigenvalue weighted by molar-refractivity contribution is 0.784. The number of thiophene rings is 1. The molecule has 0 aliphatic carbocycles. The Kier molecular flexibility index (Phi) is 4.28. The molecule has 0 amide bonds. The number of nitrogens with zero attached hydrogens (tertiary/aromatic N) is 3. The summed E-state index contributed by atoms with van der Waals surface area (Å²) in [7, 11) is 4.00. The second-order valence-electron chi connectivity index (χ2n) is 4.23. The van der Waals surface area contributed by atoms with E-state index in [1.165, 1.54) is 4.88 Å². The van der Waals surface area contributed by atoms with Gasteiger partial charge in [0, 0.05) is 30.2 Å². The van der Waals surface area contributed by atoms with Crippen molar-refractivity contribution >= 4 is 17.2 Å². The monoisotopic (exact) mass is 262 g/mol. The Labute approximate surface area is 112 Å². The fourth-order valence-corrected chi connectivity index (χ4v) is 2.60. The number of anilines is 1. The Balaban J connectivity index is 2.22. The third-order valence-electron chi connectivity index (χ3n) is 2.66. The highest BCUT2D eigenvalue weighted by Gasteiger charge is 2.10. The minimum Gasteiger partial charge on any atom is -0.354 e. The second-order valence-corrected chi connectivity index (χ2v) is 5.26. The van der Waals surface area contributed by atoms with E-state index in [0.717, 1.165) is 30.3 Å². The zero-order chi connectivity index (χ0) is 13.0. The molecule has 5 heteroatoms. The van der Waals surface area contributed by atoms with Crippen molar-refractivity contribution in [2.75, 3.05) is 19.0 Å². The Morgan fingerprint density at radius 2 is 2.28 bits per heavy atom. The molecule has 4 nitrogen and oxygen atoms in total. The Morgan fingerprint density at radius 1 is 1.44 bits per heavy atom. The van der Waals surface area contributed by atoms with E-state index in [0.29, 0.717) is 0 Å². The summed E-state index contributed by atoms with van der Waals surface area (Å²) < 4.78 is 0. The van der Waals surface area contributed by atoms with Crippen molar-refractivity contribution in [2.24, 2.45) is 0 Å². The molecule has 0 atom stereocenters. The molecule has 0 saturated heterocycles. The van der Waals surface area contributed by atoms with E-state index in [1.54, 1.807) is 11.3 Å². The first-order chi connectivity index (χ1) is 8.70. The van der Waals surface area contributed by atoms with Gasteiger partial charge in [0.2, 0.25) is 0 Å². The molecule has 0 spiro atoms. The standard InChI is InChI=1S/C13H18N4S/c1-10-15-8-11(7-14-2)13(16-10)17(3)9-12-5-4-6-18-12/h4-6,8,14H,7,9H2,1-3H3. The third kappa shape index (κ3) is 3.05. The van der Waals surface area contributed by atoms with Crippen LogP contribution in [-0.4, -0.2) is 24.1 Å². The van der Waals surface area contributed by atoms with Crippen molar-refractivity contribution in [3.05, 3.63) is 40.0 Å². The van der Waals surface area contributed by atoms with E-state index in [9.17, 15) is 0 Å². The van der Waals surface area contributed by atoms with Crippen LogP contribution in [0.3, 0.4) is 0 Å². The maximum absolute atomic E-state index is 4.55. The number of aryl methyl sites for hydroxylation is 1. The van der Waals surface area contributed by atoms with Gasteiger partial charge in [-0.1, -0.05) is 6.07 Å². The van der Waals surface area contributed by atoms with Crippen molar-refractivity contribution in [3.8, 4) is 0 Å². The van der Waals surface area contributed by atoms with Gasteiger partial charge in [0.25, 0.3) is 0 Å².